The van der Waals surface area contributed by atoms with E-state index in [2.05, 4.69) is 20.7 Å². The van der Waals surface area contributed by atoms with Crippen LogP contribution in [0.5, 0.6) is 5.75 Å². The first-order chi connectivity index (χ1) is 7.70. The quantitative estimate of drug-likeness (QED) is 0.627. The molecule has 0 N–H and O–H groups in total. The van der Waals surface area contributed by atoms with Crippen LogP contribution in [0.3, 0.4) is 0 Å². The third-order valence-electron chi connectivity index (χ3n) is 1.83. The van der Waals surface area contributed by atoms with E-state index in [0.29, 0.717) is 0 Å². The topological polar surface area (TPSA) is 26.3 Å². The lowest BCUT2D eigenvalue weighted by Gasteiger charge is -2.15. The summed E-state index contributed by atoms with van der Waals surface area (Å²) < 4.78 is 52.9. The minimum Gasteiger partial charge on any atom is -0.405 e. The van der Waals surface area contributed by atoms with Crippen LogP contribution in [-0.4, -0.2) is 12.1 Å². The molecule has 0 amide bonds. The highest BCUT2D eigenvalue weighted by atomic mass is 79.9. The summed E-state index contributed by atoms with van der Waals surface area (Å²) in [4.78, 5) is 10.0. The number of hydrogen-bond donors (Lipinski definition) is 0. The van der Waals surface area contributed by atoms with Gasteiger partial charge in [0.1, 0.15) is 22.2 Å². The summed E-state index contributed by atoms with van der Waals surface area (Å²) in [5.41, 5.74) is -0.199. The number of halogens is 5. The SMILES string of the molecule is CC(=O)C(Br)c1cc(F)ccc1OC(F)(F)F. The Bertz CT molecular complexity index is 431. The van der Waals surface area contributed by atoms with E-state index < -0.39 is 28.5 Å². The third-order valence-corrected chi connectivity index (χ3v) is 2.97. The van der Waals surface area contributed by atoms with Crippen molar-refractivity contribution in [2.75, 3.05) is 0 Å². The van der Waals surface area contributed by atoms with Crippen molar-refractivity contribution in [3.8, 4) is 5.75 Å². The van der Waals surface area contributed by atoms with Crippen LogP contribution >= 0.6 is 15.9 Å². The minimum atomic E-state index is -4.89. The molecular formula is C10H7BrF4O2. The van der Waals surface area contributed by atoms with Gasteiger partial charge in [-0.25, -0.2) is 4.39 Å². The number of ether oxygens (including phenoxy) is 1. The molecule has 1 atom stereocenters. The number of Topliss-reactive ketones (excluding diaryl/α,β-unsaturated/α-hetero) is 1. The Balaban J connectivity index is 3.17. The molecule has 17 heavy (non-hydrogen) atoms. The Morgan fingerprint density at radius 3 is 2.47 bits per heavy atom. The second-order valence-corrected chi connectivity index (χ2v) is 4.12. The van der Waals surface area contributed by atoms with Crippen LogP contribution in [0, 0.1) is 5.82 Å². The van der Waals surface area contributed by atoms with E-state index in [1.165, 1.54) is 6.92 Å². The van der Waals surface area contributed by atoms with E-state index in [1.807, 2.05) is 0 Å². The summed E-state index contributed by atoms with van der Waals surface area (Å²) >= 11 is 2.88. The van der Waals surface area contributed by atoms with Gasteiger partial charge in [0, 0.05) is 5.56 Å². The first-order valence-corrected chi connectivity index (χ1v) is 5.32. The van der Waals surface area contributed by atoms with E-state index in [9.17, 15) is 22.4 Å². The van der Waals surface area contributed by atoms with Gasteiger partial charge >= 0.3 is 6.36 Å². The van der Waals surface area contributed by atoms with Crippen molar-refractivity contribution in [2.45, 2.75) is 18.1 Å². The van der Waals surface area contributed by atoms with Crippen molar-refractivity contribution in [3.05, 3.63) is 29.6 Å². The second kappa shape index (κ2) is 5.03. The molecule has 0 bridgehead atoms. The molecule has 1 aromatic carbocycles. The molecule has 94 valence electrons. The normalized spacial score (nSPS) is 13.3. The molecule has 0 aliphatic rings. The second-order valence-electron chi connectivity index (χ2n) is 3.20. The van der Waals surface area contributed by atoms with E-state index in [0.717, 1.165) is 18.2 Å². The fraction of sp³-hybridized carbons (Fsp3) is 0.300. The fourth-order valence-corrected chi connectivity index (χ4v) is 1.51. The molecule has 2 nitrogen and oxygen atoms in total. The highest BCUT2D eigenvalue weighted by Crippen LogP contribution is 2.35. The van der Waals surface area contributed by atoms with Gasteiger partial charge < -0.3 is 4.74 Å². The molecule has 0 spiro atoms. The van der Waals surface area contributed by atoms with Crippen LogP contribution in [0.1, 0.15) is 17.3 Å². The maximum atomic E-state index is 12.9. The fourth-order valence-electron chi connectivity index (χ4n) is 1.15. The third kappa shape index (κ3) is 3.99. The van der Waals surface area contributed by atoms with E-state index in [1.54, 1.807) is 0 Å². The van der Waals surface area contributed by atoms with Gasteiger partial charge in [0.15, 0.2) is 0 Å². The number of hydrogen-bond acceptors (Lipinski definition) is 2. The lowest BCUT2D eigenvalue weighted by Crippen LogP contribution is -2.19. The number of carbonyl (C=O) groups is 1. The molecule has 0 fully saturated rings. The van der Waals surface area contributed by atoms with Gasteiger partial charge in [0.25, 0.3) is 0 Å². The summed E-state index contributed by atoms with van der Waals surface area (Å²) in [7, 11) is 0. The molecule has 1 rings (SSSR count). The average molecular weight is 315 g/mol. The zero-order chi connectivity index (χ0) is 13.2. The number of ketones is 1. The first-order valence-electron chi connectivity index (χ1n) is 4.40. The number of rotatable bonds is 3. The molecule has 1 unspecified atom stereocenters. The number of alkyl halides is 4. The predicted molar refractivity (Wildman–Crippen MR) is 55.4 cm³/mol. The molecule has 0 aromatic heterocycles. The Kier molecular flexibility index (Phi) is 4.13. The molecular weight excluding hydrogens is 308 g/mol. The van der Waals surface area contributed by atoms with Crippen LogP contribution in [0.4, 0.5) is 17.6 Å². The summed E-state index contributed by atoms with van der Waals surface area (Å²) in [6, 6.07) is 2.47. The highest BCUT2D eigenvalue weighted by molar-refractivity contribution is 9.09. The van der Waals surface area contributed by atoms with Crippen LogP contribution in [0.2, 0.25) is 0 Å². The van der Waals surface area contributed by atoms with Crippen LogP contribution in [0.25, 0.3) is 0 Å². The van der Waals surface area contributed by atoms with E-state index in [4.69, 9.17) is 0 Å². The molecule has 0 radical (unpaired) electrons. The molecule has 0 saturated carbocycles. The smallest absolute Gasteiger partial charge is 0.405 e. The zero-order valence-corrected chi connectivity index (χ0v) is 10.1. The van der Waals surface area contributed by atoms with E-state index >= 15 is 0 Å². The van der Waals surface area contributed by atoms with Crippen molar-refractivity contribution in [3.63, 3.8) is 0 Å². The predicted octanol–water partition coefficient (Wildman–Crippen LogP) is 3.75. The minimum absolute atomic E-state index is 0.199. The zero-order valence-electron chi connectivity index (χ0n) is 8.52. The number of benzene rings is 1. The van der Waals surface area contributed by atoms with Gasteiger partial charge in [0.05, 0.1) is 0 Å². The highest BCUT2D eigenvalue weighted by Gasteiger charge is 2.33. The average Bonchev–Trinajstić information content (AvgIpc) is 2.17. The first kappa shape index (κ1) is 14.0. The van der Waals surface area contributed by atoms with Gasteiger partial charge in [-0.2, -0.15) is 0 Å². The van der Waals surface area contributed by atoms with Crippen molar-refractivity contribution < 1.29 is 27.1 Å². The lowest BCUT2D eigenvalue weighted by atomic mass is 10.1. The van der Waals surface area contributed by atoms with Crippen molar-refractivity contribution in [2.24, 2.45) is 0 Å². The monoisotopic (exact) mass is 314 g/mol. The van der Waals surface area contributed by atoms with Gasteiger partial charge in [-0.15, -0.1) is 13.2 Å². The Hall–Kier alpha value is -1.11. The molecule has 1 aromatic rings. The van der Waals surface area contributed by atoms with Crippen molar-refractivity contribution >= 4 is 21.7 Å². The standard InChI is InChI=1S/C10H7BrF4O2/c1-5(16)9(11)7-4-6(12)2-3-8(7)17-10(13,14)15/h2-4,9H,1H3. The Morgan fingerprint density at radius 1 is 1.41 bits per heavy atom. The van der Waals surface area contributed by atoms with Gasteiger partial charge in [0.2, 0.25) is 0 Å². The van der Waals surface area contributed by atoms with Gasteiger partial charge in [-0.1, -0.05) is 15.9 Å². The summed E-state index contributed by atoms with van der Waals surface area (Å²) in [6.45, 7) is 1.17. The maximum absolute atomic E-state index is 12.9. The van der Waals surface area contributed by atoms with Crippen molar-refractivity contribution in [1.82, 2.24) is 0 Å². The van der Waals surface area contributed by atoms with Crippen molar-refractivity contribution in [1.29, 1.82) is 0 Å². The van der Waals surface area contributed by atoms with Gasteiger partial charge in [-0.3, -0.25) is 4.79 Å². The summed E-state index contributed by atoms with van der Waals surface area (Å²) in [5, 5.41) is 0. The lowest BCUT2D eigenvalue weighted by molar-refractivity contribution is -0.274. The Labute approximate surface area is 103 Å². The van der Waals surface area contributed by atoms with E-state index in [-0.39, 0.29) is 5.56 Å². The molecule has 0 saturated heterocycles. The largest absolute Gasteiger partial charge is 0.573 e. The molecule has 0 aliphatic carbocycles. The summed E-state index contributed by atoms with van der Waals surface area (Å²) in [6.07, 6.45) is -4.89. The molecule has 0 aliphatic heterocycles. The van der Waals surface area contributed by atoms with Gasteiger partial charge in [-0.05, 0) is 25.1 Å². The van der Waals surface area contributed by atoms with Crippen LogP contribution in [-0.2, 0) is 4.79 Å². The van der Waals surface area contributed by atoms with Crippen LogP contribution < -0.4 is 4.74 Å². The Morgan fingerprint density at radius 2 is 2.00 bits per heavy atom. The summed E-state index contributed by atoms with van der Waals surface area (Å²) in [5.74, 6) is -1.81. The molecule has 0 heterocycles. The van der Waals surface area contributed by atoms with Crippen LogP contribution in [0.15, 0.2) is 18.2 Å². The molecule has 7 heteroatoms. The maximum Gasteiger partial charge on any atom is 0.573 e. The number of carbonyl (C=O) groups excluding carboxylic acids is 1.